The van der Waals surface area contributed by atoms with Crippen LogP contribution in [0.1, 0.15) is 12.8 Å². The first-order valence-electron chi connectivity index (χ1n) is 10.3. The Hall–Kier alpha value is -1.29. The number of nitrogens with zero attached hydrogens (tertiary/aromatic N) is 2. The molecule has 2 aliphatic rings. The van der Waals surface area contributed by atoms with E-state index in [0.29, 0.717) is 11.1 Å². The molecule has 0 fully saturated rings. The van der Waals surface area contributed by atoms with E-state index in [1.807, 2.05) is 12.4 Å². The summed E-state index contributed by atoms with van der Waals surface area (Å²) in [5.74, 6) is 0. The smallest absolute Gasteiger partial charge is 0.300 e. The molecule has 0 amide bonds. The summed E-state index contributed by atoms with van der Waals surface area (Å²) in [4.78, 5) is 4.83. The molecule has 0 aromatic rings. The molecule has 0 aliphatic heterocycles. The fourth-order valence-corrected chi connectivity index (χ4v) is 2.20. The average molecular weight is 583 g/mol. The van der Waals surface area contributed by atoms with Crippen molar-refractivity contribution in [1.82, 2.24) is 0 Å². The molecule has 2 nitrogen and oxygen atoms in total. The molecule has 198 valence electrons. The predicted molar refractivity (Wildman–Crippen MR) is 139 cm³/mol. The van der Waals surface area contributed by atoms with Gasteiger partial charge in [-0.2, -0.15) is 11.1 Å². The predicted octanol–water partition coefficient (Wildman–Crippen LogP) is 7.72. The first-order valence-corrected chi connectivity index (χ1v) is 16.3. The van der Waals surface area contributed by atoms with Gasteiger partial charge in [0.25, 0.3) is 0 Å². The van der Waals surface area contributed by atoms with Gasteiger partial charge < -0.3 is 0 Å². The van der Waals surface area contributed by atoms with Gasteiger partial charge in [-0.1, -0.05) is 24.3 Å². The summed E-state index contributed by atoms with van der Waals surface area (Å²) in [5.41, 5.74) is 1.69. The Labute approximate surface area is 217 Å². The number of alkyl halides is 6. The van der Waals surface area contributed by atoms with Gasteiger partial charge in [-0.15, -0.1) is 50.9 Å². The van der Waals surface area contributed by atoms with E-state index >= 15 is 0 Å². The third kappa shape index (κ3) is 22.9. The molecule has 0 atom stereocenters. The van der Waals surface area contributed by atoms with E-state index in [9.17, 15) is 26.3 Å². The van der Waals surface area contributed by atoms with Crippen molar-refractivity contribution in [3.63, 3.8) is 0 Å². The van der Waals surface area contributed by atoms with Crippen molar-refractivity contribution in [1.29, 1.82) is 0 Å². The monoisotopic (exact) mass is 582 g/mol. The van der Waals surface area contributed by atoms with Crippen LogP contribution < -0.4 is 0 Å². The normalized spacial score (nSPS) is 16.3. The summed E-state index contributed by atoms with van der Waals surface area (Å²) >= 11 is 0. The van der Waals surface area contributed by atoms with Crippen molar-refractivity contribution in [2.24, 2.45) is 9.98 Å². The summed E-state index contributed by atoms with van der Waals surface area (Å²) < 4.78 is 73.3. The molecule has 0 N–H and O–H groups in total. The maximum Gasteiger partial charge on any atom is 2.00 e. The van der Waals surface area contributed by atoms with Crippen LogP contribution >= 0.6 is 15.8 Å². The van der Waals surface area contributed by atoms with Gasteiger partial charge in [0.15, 0.2) is 0 Å². The Morgan fingerprint density at radius 1 is 0.600 bits per heavy atom. The van der Waals surface area contributed by atoms with Crippen molar-refractivity contribution >= 4 is 28.3 Å². The second kappa shape index (κ2) is 18.0. The Balaban J connectivity index is 0. The van der Waals surface area contributed by atoms with E-state index in [2.05, 4.69) is 50.0 Å². The first kappa shape index (κ1) is 35.9. The summed E-state index contributed by atoms with van der Waals surface area (Å²) in [6, 6.07) is 0. The van der Waals surface area contributed by atoms with Crippen LogP contribution in [-0.4, -0.2) is 65.0 Å². The zero-order valence-electron chi connectivity index (χ0n) is 20.5. The van der Waals surface area contributed by atoms with Crippen molar-refractivity contribution in [3.8, 4) is 0 Å². The Morgan fingerprint density at radius 2 is 0.857 bits per heavy atom. The standard InChI is InChI=1S/C18H12F6N2.2C3H9P.Ni/c19-17(20,21)25-11-13-5-1-3-7-15(9-13)16-8-4-2-6-14(10-16)12-26-18(22,23)24;2*1-4(2)3;/h1-8H,9-10H2;2*1-3H3;/q-2;;;+2/p+2. The van der Waals surface area contributed by atoms with E-state index in [1.54, 1.807) is 36.5 Å². The van der Waals surface area contributed by atoms with Gasteiger partial charge in [0.05, 0.1) is 0 Å². The number of rotatable bonds is 3. The molecule has 0 aromatic heterocycles. The van der Waals surface area contributed by atoms with Crippen molar-refractivity contribution in [2.75, 3.05) is 40.0 Å². The van der Waals surface area contributed by atoms with Gasteiger partial charge in [-0.05, 0) is 39.8 Å². The number of hydrogen-bond acceptors (Lipinski definition) is 2. The quantitative estimate of drug-likeness (QED) is 0.0812. The van der Waals surface area contributed by atoms with Crippen LogP contribution in [0.25, 0.3) is 0 Å². The van der Waals surface area contributed by atoms with Crippen LogP contribution in [0.2, 0.25) is 0 Å². The molecular weight excluding hydrogens is 551 g/mol. The van der Waals surface area contributed by atoms with Crippen LogP contribution in [0.5, 0.6) is 0 Å². The molecule has 0 heterocycles. The molecule has 0 aromatic carbocycles. The largest absolute Gasteiger partial charge is 2.00 e. The van der Waals surface area contributed by atoms with Crippen molar-refractivity contribution in [2.45, 2.75) is 25.4 Å². The van der Waals surface area contributed by atoms with E-state index in [0.717, 1.165) is 0 Å². The van der Waals surface area contributed by atoms with Crippen molar-refractivity contribution < 1.29 is 42.8 Å². The Kier molecular flexibility index (Phi) is 18.5. The zero-order valence-corrected chi connectivity index (χ0v) is 23.5. The van der Waals surface area contributed by atoms with Crippen LogP contribution in [0.4, 0.5) is 26.3 Å². The molecule has 0 bridgehead atoms. The van der Waals surface area contributed by atoms with Crippen molar-refractivity contribution in [3.05, 3.63) is 70.9 Å². The SMILES string of the molecule is C[PH+](C)C.C[PH+](C)C.FC(F)(F)N=[C-]C1=CC=CC=C(C2=CC=CC=C([C-]=NC(F)(F)F)C2)C1.[Ni+2]. The van der Waals surface area contributed by atoms with Gasteiger partial charge >= 0.3 is 29.1 Å². The van der Waals surface area contributed by atoms with Gasteiger partial charge in [0.1, 0.15) is 0 Å². The average Bonchev–Trinajstić information content (AvgIpc) is 3.03. The van der Waals surface area contributed by atoms with Gasteiger partial charge in [0.2, 0.25) is 0 Å². The van der Waals surface area contributed by atoms with Crippen LogP contribution in [0, 0.1) is 0 Å². The van der Waals surface area contributed by atoms with Crippen LogP contribution in [0.15, 0.2) is 80.9 Å². The molecule has 2 aliphatic carbocycles. The number of allylic oxidation sites excluding steroid dienone is 12. The molecule has 0 saturated carbocycles. The first-order chi connectivity index (χ1) is 15.6. The van der Waals surface area contributed by atoms with Gasteiger partial charge in [0, 0.05) is 40.0 Å². The second-order valence-corrected chi connectivity index (χ2v) is 14.3. The summed E-state index contributed by atoms with van der Waals surface area (Å²) in [7, 11) is 0.241. The summed E-state index contributed by atoms with van der Waals surface area (Å²) in [6.07, 6.45) is 7.32. The Morgan fingerprint density at radius 3 is 1.11 bits per heavy atom. The molecule has 2 rings (SSSR count). The molecule has 0 spiro atoms. The third-order valence-corrected chi connectivity index (χ3v) is 3.24. The topological polar surface area (TPSA) is 24.7 Å². The number of hydrogen-bond donors (Lipinski definition) is 0. The summed E-state index contributed by atoms with van der Waals surface area (Å²) in [5, 5.41) is 0. The fraction of sp³-hybridized carbons (Fsp3) is 0.417. The summed E-state index contributed by atoms with van der Waals surface area (Å²) in [6.45, 7) is 13.6. The maximum absolute atomic E-state index is 12.2. The third-order valence-electron chi connectivity index (χ3n) is 3.24. The van der Waals surface area contributed by atoms with Gasteiger partial charge in [-0.3, -0.25) is 9.98 Å². The van der Waals surface area contributed by atoms with E-state index in [-0.39, 0.29) is 56.3 Å². The number of halogens is 6. The maximum atomic E-state index is 12.2. The minimum absolute atomic E-state index is 0. The molecule has 11 heteroatoms. The second-order valence-electron chi connectivity index (χ2n) is 8.27. The Bertz CT molecular complexity index is 798. The van der Waals surface area contributed by atoms with E-state index < -0.39 is 12.6 Å². The van der Waals surface area contributed by atoms with Gasteiger partial charge in [-0.25, -0.2) is 12.2 Å². The minimum atomic E-state index is -4.72. The fourth-order valence-electron chi connectivity index (χ4n) is 2.20. The molecule has 0 radical (unpaired) electrons. The molecule has 35 heavy (non-hydrogen) atoms. The number of aliphatic imine (C=N–C) groups is 2. The molecule has 0 unspecified atom stereocenters. The van der Waals surface area contributed by atoms with Crippen LogP contribution in [0.3, 0.4) is 0 Å². The van der Waals surface area contributed by atoms with Crippen LogP contribution in [-0.2, 0) is 16.5 Å². The minimum Gasteiger partial charge on any atom is -0.300 e. The molecule has 0 saturated heterocycles. The zero-order chi connectivity index (χ0) is 26.4. The van der Waals surface area contributed by atoms with E-state index in [1.165, 1.54) is 12.2 Å². The van der Waals surface area contributed by atoms with E-state index in [4.69, 9.17) is 0 Å². The molecular formula is C24H32F6N2NiP2+2.